The zero-order valence-electron chi connectivity index (χ0n) is 13.7. The molecule has 128 valence electrons. The number of piperazine rings is 1. The number of amides is 2. The van der Waals surface area contributed by atoms with Crippen molar-refractivity contribution in [3.8, 4) is 0 Å². The lowest BCUT2D eigenvalue weighted by atomic mass is 10.2. The number of rotatable bonds is 2. The molecule has 25 heavy (non-hydrogen) atoms. The van der Waals surface area contributed by atoms with E-state index < -0.39 is 0 Å². The third-order valence-electron chi connectivity index (χ3n) is 4.57. The van der Waals surface area contributed by atoms with Crippen LogP contribution in [0.15, 0.2) is 54.7 Å². The summed E-state index contributed by atoms with van der Waals surface area (Å²) in [5, 5.41) is 4.77. The first-order valence-electron chi connectivity index (χ1n) is 8.33. The summed E-state index contributed by atoms with van der Waals surface area (Å²) in [6.45, 7) is 2.95. The van der Waals surface area contributed by atoms with Crippen molar-refractivity contribution in [2.45, 2.75) is 0 Å². The molecule has 1 aromatic heterocycles. The number of carbonyl (C=O) groups excluding carboxylic acids is 1. The maximum atomic E-state index is 12.6. The number of urea groups is 1. The van der Waals surface area contributed by atoms with Gasteiger partial charge in [0.05, 0.1) is 5.69 Å². The van der Waals surface area contributed by atoms with E-state index in [9.17, 15) is 4.79 Å². The molecule has 0 radical (unpaired) electrons. The smallest absolute Gasteiger partial charge is 0.322 e. The van der Waals surface area contributed by atoms with Gasteiger partial charge in [-0.15, -0.1) is 0 Å². The average molecular weight is 355 g/mol. The number of H-pyrrole nitrogens is 1. The molecule has 0 atom stereocenters. The second-order valence-electron chi connectivity index (χ2n) is 6.13. The molecule has 0 bridgehead atoms. The monoisotopic (exact) mass is 354 g/mol. The minimum Gasteiger partial charge on any atom is -0.368 e. The molecule has 0 saturated carbocycles. The van der Waals surface area contributed by atoms with Crippen LogP contribution in [0.3, 0.4) is 0 Å². The first kappa shape index (κ1) is 15.8. The number of anilines is 2. The highest BCUT2D eigenvalue weighted by molar-refractivity contribution is 6.30. The van der Waals surface area contributed by atoms with Crippen LogP contribution in [-0.2, 0) is 0 Å². The molecule has 6 heteroatoms. The maximum absolute atomic E-state index is 12.6. The molecule has 2 N–H and O–H groups in total. The normalized spacial score (nSPS) is 14.8. The van der Waals surface area contributed by atoms with Gasteiger partial charge >= 0.3 is 6.03 Å². The summed E-state index contributed by atoms with van der Waals surface area (Å²) in [4.78, 5) is 19.8. The molecule has 1 saturated heterocycles. The molecule has 1 aliphatic rings. The second-order valence-corrected chi connectivity index (χ2v) is 6.57. The molecule has 0 unspecified atom stereocenters. The number of fused-ring (bicyclic) bond motifs is 1. The lowest BCUT2D eigenvalue weighted by Gasteiger charge is -2.36. The summed E-state index contributed by atoms with van der Waals surface area (Å²) >= 11 is 6.07. The fourth-order valence-corrected chi connectivity index (χ4v) is 3.39. The Morgan fingerprint density at radius 3 is 2.64 bits per heavy atom. The number of aromatic nitrogens is 1. The van der Waals surface area contributed by atoms with Gasteiger partial charge in [-0.2, -0.15) is 0 Å². The van der Waals surface area contributed by atoms with Crippen molar-refractivity contribution in [3.63, 3.8) is 0 Å². The van der Waals surface area contributed by atoms with Crippen molar-refractivity contribution in [2.75, 3.05) is 36.4 Å². The van der Waals surface area contributed by atoms with Crippen molar-refractivity contribution < 1.29 is 4.79 Å². The van der Waals surface area contributed by atoms with E-state index >= 15 is 0 Å². The van der Waals surface area contributed by atoms with E-state index in [0.717, 1.165) is 40.4 Å². The standard InChI is InChI=1S/C19H19ClN4O/c20-14-4-3-5-15(12-14)23-8-10-24(11-9-23)19(25)22-18-13-21-17-7-2-1-6-16(17)18/h1-7,12-13,21H,8-11H2,(H,22,25). The molecular weight excluding hydrogens is 336 g/mol. The fraction of sp³-hybridized carbons (Fsp3) is 0.211. The number of hydrogen-bond donors (Lipinski definition) is 2. The Labute approximate surface area is 151 Å². The highest BCUT2D eigenvalue weighted by Gasteiger charge is 2.22. The van der Waals surface area contributed by atoms with Gasteiger partial charge in [-0.3, -0.25) is 0 Å². The maximum Gasteiger partial charge on any atom is 0.322 e. The predicted molar refractivity (Wildman–Crippen MR) is 103 cm³/mol. The number of para-hydroxylation sites is 1. The summed E-state index contributed by atoms with van der Waals surface area (Å²) in [6, 6.07) is 15.7. The molecule has 0 spiro atoms. The van der Waals surface area contributed by atoms with Crippen LogP contribution >= 0.6 is 11.6 Å². The molecule has 1 fully saturated rings. The number of aromatic amines is 1. The fourth-order valence-electron chi connectivity index (χ4n) is 3.21. The lowest BCUT2D eigenvalue weighted by molar-refractivity contribution is 0.208. The number of nitrogens with zero attached hydrogens (tertiary/aromatic N) is 2. The summed E-state index contributed by atoms with van der Waals surface area (Å²) in [7, 11) is 0. The van der Waals surface area contributed by atoms with E-state index in [0.29, 0.717) is 13.1 Å². The minimum atomic E-state index is -0.0597. The molecule has 4 rings (SSSR count). The van der Waals surface area contributed by atoms with Crippen molar-refractivity contribution >= 4 is 39.9 Å². The summed E-state index contributed by atoms with van der Waals surface area (Å²) in [5.74, 6) is 0. The van der Waals surface area contributed by atoms with Crippen LogP contribution in [0.2, 0.25) is 5.02 Å². The quantitative estimate of drug-likeness (QED) is 0.725. The van der Waals surface area contributed by atoms with Crippen LogP contribution in [-0.4, -0.2) is 42.1 Å². The molecular formula is C19H19ClN4O. The zero-order valence-corrected chi connectivity index (χ0v) is 14.5. The summed E-state index contributed by atoms with van der Waals surface area (Å²) in [6.07, 6.45) is 1.84. The van der Waals surface area contributed by atoms with Gasteiger partial charge in [0.15, 0.2) is 0 Å². The highest BCUT2D eigenvalue weighted by Crippen LogP contribution is 2.24. The Hall–Kier alpha value is -2.66. The topological polar surface area (TPSA) is 51.4 Å². The van der Waals surface area contributed by atoms with E-state index in [2.05, 4.69) is 15.2 Å². The number of halogens is 1. The number of nitrogens with one attached hydrogen (secondary N) is 2. The third-order valence-corrected chi connectivity index (χ3v) is 4.81. The van der Waals surface area contributed by atoms with Gasteiger partial charge in [-0.05, 0) is 24.3 Å². The van der Waals surface area contributed by atoms with Gasteiger partial charge in [0.1, 0.15) is 0 Å². The van der Waals surface area contributed by atoms with Crippen molar-refractivity contribution in [1.82, 2.24) is 9.88 Å². The Morgan fingerprint density at radius 1 is 1.04 bits per heavy atom. The number of carbonyl (C=O) groups is 1. The minimum absolute atomic E-state index is 0.0597. The van der Waals surface area contributed by atoms with Gasteiger partial charge in [0, 0.05) is 54.0 Å². The Kier molecular flexibility index (Phi) is 4.24. The molecule has 3 aromatic rings. The molecule has 2 amide bonds. The largest absolute Gasteiger partial charge is 0.368 e. The highest BCUT2D eigenvalue weighted by atomic mass is 35.5. The molecule has 2 aromatic carbocycles. The van der Waals surface area contributed by atoms with E-state index in [1.54, 1.807) is 0 Å². The van der Waals surface area contributed by atoms with Crippen LogP contribution in [0.4, 0.5) is 16.2 Å². The van der Waals surface area contributed by atoms with Crippen molar-refractivity contribution in [3.05, 3.63) is 59.8 Å². The third kappa shape index (κ3) is 3.28. The Bertz CT molecular complexity index is 899. The SMILES string of the molecule is O=C(Nc1c[nH]c2ccccc12)N1CCN(c2cccc(Cl)c2)CC1. The van der Waals surface area contributed by atoms with Crippen molar-refractivity contribution in [1.29, 1.82) is 0 Å². The van der Waals surface area contributed by atoms with Crippen molar-refractivity contribution in [2.24, 2.45) is 0 Å². The summed E-state index contributed by atoms with van der Waals surface area (Å²) < 4.78 is 0. The van der Waals surface area contributed by atoms with E-state index in [-0.39, 0.29) is 6.03 Å². The van der Waals surface area contributed by atoms with Crippen LogP contribution in [0, 0.1) is 0 Å². The molecule has 5 nitrogen and oxygen atoms in total. The van der Waals surface area contributed by atoms with Crippen LogP contribution in [0.5, 0.6) is 0 Å². The van der Waals surface area contributed by atoms with Crippen LogP contribution in [0.1, 0.15) is 0 Å². The first-order chi connectivity index (χ1) is 12.2. The van der Waals surface area contributed by atoms with Gasteiger partial charge in [0.2, 0.25) is 0 Å². The van der Waals surface area contributed by atoms with E-state index in [1.807, 2.05) is 59.6 Å². The molecule has 2 heterocycles. The predicted octanol–water partition coefficient (Wildman–Crippen LogP) is 4.18. The van der Waals surface area contributed by atoms with Gasteiger partial charge in [-0.1, -0.05) is 35.9 Å². The van der Waals surface area contributed by atoms with Crippen LogP contribution in [0.25, 0.3) is 10.9 Å². The number of benzene rings is 2. The number of hydrogen-bond acceptors (Lipinski definition) is 2. The average Bonchev–Trinajstić information content (AvgIpc) is 3.05. The molecule has 0 aliphatic carbocycles. The van der Waals surface area contributed by atoms with Gasteiger partial charge in [-0.25, -0.2) is 4.79 Å². The Morgan fingerprint density at radius 2 is 1.84 bits per heavy atom. The zero-order chi connectivity index (χ0) is 17.2. The Balaban J connectivity index is 1.40. The first-order valence-corrected chi connectivity index (χ1v) is 8.71. The van der Waals surface area contributed by atoms with Crippen LogP contribution < -0.4 is 10.2 Å². The second kappa shape index (κ2) is 6.69. The lowest BCUT2D eigenvalue weighted by Crippen LogP contribution is -2.50. The van der Waals surface area contributed by atoms with E-state index in [1.165, 1.54) is 0 Å². The summed E-state index contributed by atoms with van der Waals surface area (Å²) in [5.41, 5.74) is 2.94. The van der Waals surface area contributed by atoms with Gasteiger partial charge < -0.3 is 20.1 Å². The van der Waals surface area contributed by atoms with Gasteiger partial charge in [0.25, 0.3) is 0 Å². The molecule has 1 aliphatic heterocycles. The van der Waals surface area contributed by atoms with E-state index in [4.69, 9.17) is 11.6 Å².